The van der Waals surface area contributed by atoms with Gasteiger partial charge in [0, 0.05) is 49.9 Å². The third kappa shape index (κ3) is 3.84. The van der Waals surface area contributed by atoms with Crippen LogP contribution in [0.25, 0.3) is 11.3 Å². The molecule has 8 nitrogen and oxygen atoms in total. The average molecular weight is 420 g/mol. The van der Waals surface area contributed by atoms with Crippen molar-refractivity contribution in [3.05, 3.63) is 53.2 Å². The van der Waals surface area contributed by atoms with Crippen molar-refractivity contribution in [1.29, 1.82) is 0 Å². The van der Waals surface area contributed by atoms with Crippen molar-refractivity contribution in [3.8, 4) is 11.3 Å². The van der Waals surface area contributed by atoms with Gasteiger partial charge in [-0.15, -0.1) is 0 Å². The van der Waals surface area contributed by atoms with Gasteiger partial charge >= 0.3 is 0 Å². The Bertz CT molecular complexity index is 1070. The third-order valence-corrected chi connectivity index (χ3v) is 6.30. The van der Waals surface area contributed by atoms with Gasteiger partial charge in [-0.05, 0) is 48.2 Å². The fourth-order valence-electron chi connectivity index (χ4n) is 4.68. The SMILES string of the molecule is O=C1CCC(N2Cc3cc(-c4cc(CN5CCC(O)C5)ccn4)ccc3C2=O)C(=O)N1. The van der Waals surface area contributed by atoms with Crippen LogP contribution in [0.4, 0.5) is 0 Å². The summed E-state index contributed by atoms with van der Waals surface area (Å²) < 4.78 is 0. The molecule has 3 aliphatic rings. The molecule has 3 amide bonds. The lowest BCUT2D eigenvalue weighted by Crippen LogP contribution is -2.52. The van der Waals surface area contributed by atoms with Crippen molar-refractivity contribution in [3.63, 3.8) is 0 Å². The minimum atomic E-state index is -0.613. The molecule has 0 spiro atoms. The number of fused-ring (bicyclic) bond motifs is 1. The molecule has 2 aromatic rings. The Labute approximate surface area is 179 Å². The highest BCUT2D eigenvalue weighted by Crippen LogP contribution is 2.31. The fourth-order valence-corrected chi connectivity index (χ4v) is 4.68. The Morgan fingerprint density at radius 1 is 1.13 bits per heavy atom. The normalized spacial score (nSPS) is 23.9. The number of hydrogen-bond acceptors (Lipinski definition) is 6. The quantitative estimate of drug-likeness (QED) is 0.718. The number of nitrogens with zero attached hydrogens (tertiary/aromatic N) is 3. The van der Waals surface area contributed by atoms with Gasteiger partial charge in [0.25, 0.3) is 5.91 Å². The first-order chi connectivity index (χ1) is 15.0. The molecule has 4 heterocycles. The van der Waals surface area contributed by atoms with Crippen molar-refractivity contribution in [2.24, 2.45) is 0 Å². The number of piperidine rings is 1. The van der Waals surface area contributed by atoms with Gasteiger partial charge in [0.1, 0.15) is 6.04 Å². The van der Waals surface area contributed by atoms with Gasteiger partial charge < -0.3 is 10.0 Å². The molecule has 0 radical (unpaired) electrons. The minimum Gasteiger partial charge on any atom is -0.392 e. The zero-order valence-corrected chi connectivity index (χ0v) is 17.1. The molecule has 1 aromatic heterocycles. The lowest BCUT2D eigenvalue weighted by Gasteiger charge is -2.29. The molecule has 31 heavy (non-hydrogen) atoms. The largest absolute Gasteiger partial charge is 0.392 e. The van der Waals surface area contributed by atoms with Gasteiger partial charge in [0.05, 0.1) is 11.8 Å². The Kier molecular flexibility index (Phi) is 5.03. The van der Waals surface area contributed by atoms with E-state index in [0.717, 1.165) is 41.9 Å². The number of aromatic nitrogens is 1. The van der Waals surface area contributed by atoms with Crippen molar-refractivity contribution in [1.82, 2.24) is 20.1 Å². The van der Waals surface area contributed by atoms with Gasteiger partial charge in [-0.3, -0.25) is 29.6 Å². The highest BCUT2D eigenvalue weighted by Gasteiger charge is 2.39. The molecule has 160 valence electrons. The number of aliphatic hydroxyl groups excluding tert-OH is 1. The van der Waals surface area contributed by atoms with Crippen molar-refractivity contribution in [2.75, 3.05) is 13.1 Å². The van der Waals surface area contributed by atoms with Crippen molar-refractivity contribution < 1.29 is 19.5 Å². The number of β-amino-alcohol motifs (C(OH)–C–C–N with tert-alkyl or cyclic N) is 1. The number of hydrogen-bond donors (Lipinski definition) is 2. The number of nitrogens with one attached hydrogen (secondary N) is 1. The van der Waals surface area contributed by atoms with E-state index in [1.165, 1.54) is 0 Å². The van der Waals surface area contributed by atoms with E-state index >= 15 is 0 Å². The molecule has 8 heteroatoms. The molecule has 1 aromatic carbocycles. The van der Waals surface area contributed by atoms with E-state index in [0.29, 0.717) is 25.1 Å². The van der Waals surface area contributed by atoms with Gasteiger partial charge in [-0.2, -0.15) is 0 Å². The van der Waals surface area contributed by atoms with E-state index in [1.54, 1.807) is 17.2 Å². The number of carbonyl (C=O) groups excluding carboxylic acids is 3. The maximum Gasteiger partial charge on any atom is 0.255 e. The summed E-state index contributed by atoms with van der Waals surface area (Å²) in [6.45, 7) is 2.68. The molecule has 2 N–H and O–H groups in total. The van der Waals surface area contributed by atoms with Gasteiger partial charge in [-0.1, -0.05) is 6.07 Å². The number of pyridine rings is 1. The number of rotatable bonds is 4. The summed E-state index contributed by atoms with van der Waals surface area (Å²) in [4.78, 5) is 44.8. The molecule has 3 aliphatic heterocycles. The second kappa shape index (κ2) is 7.86. The van der Waals surface area contributed by atoms with Gasteiger partial charge in [0.2, 0.25) is 11.8 Å². The summed E-state index contributed by atoms with van der Waals surface area (Å²) in [5, 5.41) is 12.1. The van der Waals surface area contributed by atoms with Crippen LogP contribution in [0.2, 0.25) is 0 Å². The Hall–Kier alpha value is -3.10. The van der Waals surface area contributed by atoms with Crippen LogP contribution in [-0.2, 0) is 22.7 Å². The molecule has 2 fully saturated rings. The smallest absolute Gasteiger partial charge is 0.255 e. The molecule has 0 saturated carbocycles. The maximum absolute atomic E-state index is 12.9. The van der Waals surface area contributed by atoms with Gasteiger partial charge in [0.15, 0.2) is 0 Å². The van der Waals surface area contributed by atoms with Gasteiger partial charge in [-0.25, -0.2) is 0 Å². The molecule has 2 saturated heterocycles. The average Bonchev–Trinajstić information content (AvgIpc) is 3.30. The summed E-state index contributed by atoms with van der Waals surface area (Å²) in [6, 6.07) is 9.06. The van der Waals surface area contributed by atoms with Crippen LogP contribution in [0.3, 0.4) is 0 Å². The summed E-state index contributed by atoms with van der Waals surface area (Å²) in [5.74, 6) is -0.869. The maximum atomic E-state index is 12.9. The zero-order valence-electron chi connectivity index (χ0n) is 17.1. The first-order valence-electron chi connectivity index (χ1n) is 10.6. The number of aliphatic hydroxyl groups is 1. The highest BCUT2D eigenvalue weighted by molar-refractivity contribution is 6.05. The molecule has 2 unspecified atom stereocenters. The van der Waals surface area contributed by atoms with Crippen LogP contribution in [0.5, 0.6) is 0 Å². The monoisotopic (exact) mass is 420 g/mol. The first kappa shape index (κ1) is 19.8. The van der Waals surface area contributed by atoms with Crippen LogP contribution in [0, 0.1) is 0 Å². The molecular weight excluding hydrogens is 396 g/mol. The topological polar surface area (TPSA) is 103 Å². The molecule has 5 rings (SSSR count). The second-order valence-corrected chi connectivity index (χ2v) is 8.50. The Morgan fingerprint density at radius 3 is 2.77 bits per heavy atom. The highest BCUT2D eigenvalue weighted by atomic mass is 16.3. The predicted molar refractivity (Wildman–Crippen MR) is 112 cm³/mol. The molecule has 2 atom stereocenters. The summed E-state index contributed by atoms with van der Waals surface area (Å²) >= 11 is 0. The Balaban J connectivity index is 1.35. The van der Waals surface area contributed by atoms with E-state index < -0.39 is 11.9 Å². The summed E-state index contributed by atoms with van der Waals surface area (Å²) in [5.41, 5.74) is 4.32. The molecule has 0 aliphatic carbocycles. The van der Waals surface area contributed by atoms with E-state index in [2.05, 4.69) is 15.2 Å². The molecular formula is C23H24N4O4. The third-order valence-electron chi connectivity index (χ3n) is 6.30. The standard InChI is InChI=1S/C23H24N4O4/c28-17-6-8-26(13-17)11-14-5-7-24-19(9-14)15-1-2-18-16(10-15)12-27(23(18)31)20-3-4-21(29)25-22(20)30/h1-2,5,7,9-10,17,20,28H,3-4,6,8,11-13H2,(H,25,29,30). The van der Waals surface area contributed by atoms with Crippen molar-refractivity contribution >= 4 is 17.7 Å². The van der Waals surface area contributed by atoms with Crippen LogP contribution < -0.4 is 5.32 Å². The first-order valence-corrected chi connectivity index (χ1v) is 10.6. The van der Waals surface area contributed by atoms with E-state index in [4.69, 9.17) is 0 Å². The van der Waals surface area contributed by atoms with E-state index in [9.17, 15) is 19.5 Å². The summed E-state index contributed by atoms with van der Waals surface area (Å²) in [6.07, 6.45) is 2.94. The van der Waals surface area contributed by atoms with E-state index in [-0.39, 0.29) is 24.3 Å². The zero-order chi connectivity index (χ0) is 21.5. The number of imide groups is 1. The van der Waals surface area contributed by atoms with E-state index in [1.807, 2.05) is 24.3 Å². The molecule has 0 bridgehead atoms. The number of amides is 3. The van der Waals surface area contributed by atoms with Crippen LogP contribution in [0.1, 0.15) is 40.7 Å². The lowest BCUT2D eigenvalue weighted by molar-refractivity contribution is -0.136. The Morgan fingerprint density at radius 2 is 2.00 bits per heavy atom. The lowest BCUT2D eigenvalue weighted by atomic mass is 10.0. The predicted octanol–water partition coefficient (Wildman–Crippen LogP) is 1.08. The van der Waals surface area contributed by atoms with Crippen LogP contribution in [-0.4, -0.2) is 62.8 Å². The summed E-state index contributed by atoms with van der Waals surface area (Å²) in [7, 11) is 0. The number of likely N-dealkylation sites (tertiary alicyclic amines) is 1. The minimum absolute atomic E-state index is 0.176. The number of carbonyl (C=O) groups is 3. The second-order valence-electron chi connectivity index (χ2n) is 8.50. The van der Waals surface area contributed by atoms with Crippen molar-refractivity contribution in [2.45, 2.75) is 44.5 Å². The van der Waals surface area contributed by atoms with Crippen LogP contribution >= 0.6 is 0 Å². The number of benzene rings is 1. The van der Waals surface area contributed by atoms with Crippen LogP contribution in [0.15, 0.2) is 36.5 Å². The fraction of sp³-hybridized carbons (Fsp3) is 0.391.